The van der Waals surface area contributed by atoms with Gasteiger partial charge in [-0.2, -0.15) is 11.8 Å². The lowest BCUT2D eigenvalue weighted by Crippen LogP contribution is -2.42. The summed E-state index contributed by atoms with van der Waals surface area (Å²) in [5.74, 6) is 4.62. The van der Waals surface area contributed by atoms with E-state index < -0.39 is 0 Å². The number of hydrogen-bond donors (Lipinski definition) is 1. The Kier molecular flexibility index (Phi) is 5.64. The fourth-order valence-electron chi connectivity index (χ4n) is 3.00. The van der Waals surface area contributed by atoms with Crippen molar-refractivity contribution in [1.82, 2.24) is 10.2 Å². The molecule has 0 aromatic heterocycles. The van der Waals surface area contributed by atoms with Crippen molar-refractivity contribution in [2.24, 2.45) is 11.8 Å². The molecule has 0 aromatic rings. The zero-order valence-corrected chi connectivity index (χ0v) is 12.3. The van der Waals surface area contributed by atoms with Crippen LogP contribution >= 0.6 is 11.8 Å². The van der Waals surface area contributed by atoms with E-state index in [1.54, 1.807) is 0 Å². The maximum Gasteiger partial charge on any atom is 0.00680 e. The third kappa shape index (κ3) is 4.46. The summed E-state index contributed by atoms with van der Waals surface area (Å²) in [7, 11) is 2.24. The van der Waals surface area contributed by atoms with Gasteiger partial charge in [0.1, 0.15) is 0 Å². The van der Waals surface area contributed by atoms with Gasteiger partial charge < -0.3 is 10.2 Å². The molecule has 0 aliphatic carbocycles. The monoisotopic (exact) mass is 256 g/mol. The van der Waals surface area contributed by atoms with Crippen LogP contribution in [0.15, 0.2) is 0 Å². The fourth-order valence-corrected chi connectivity index (χ4v) is 4.20. The Morgan fingerprint density at radius 2 is 1.82 bits per heavy atom. The predicted molar refractivity (Wildman–Crippen MR) is 77.7 cm³/mol. The molecule has 2 heterocycles. The molecular weight excluding hydrogens is 228 g/mol. The molecule has 2 fully saturated rings. The van der Waals surface area contributed by atoms with E-state index >= 15 is 0 Å². The Hall–Kier alpha value is 0.270. The zero-order valence-electron chi connectivity index (χ0n) is 11.5. The number of nitrogens with one attached hydrogen (secondary N) is 1. The van der Waals surface area contributed by atoms with E-state index in [2.05, 4.69) is 35.9 Å². The standard InChI is InChI=1S/C14H28N2S/c1-12(14-3-7-16(2)8-4-14)15-11-13-5-9-17-10-6-13/h12-15H,3-11H2,1-2H3. The lowest BCUT2D eigenvalue weighted by atomic mass is 9.90. The first kappa shape index (κ1) is 13.7. The van der Waals surface area contributed by atoms with Gasteiger partial charge in [-0.3, -0.25) is 0 Å². The number of piperidine rings is 1. The highest BCUT2D eigenvalue weighted by atomic mass is 32.2. The highest BCUT2D eigenvalue weighted by Crippen LogP contribution is 2.23. The van der Waals surface area contributed by atoms with Gasteiger partial charge in [-0.05, 0) is 82.6 Å². The molecule has 1 N–H and O–H groups in total. The first-order valence-corrected chi connectivity index (χ1v) is 8.41. The fraction of sp³-hybridized carbons (Fsp3) is 1.00. The van der Waals surface area contributed by atoms with Crippen LogP contribution in [0, 0.1) is 11.8 Å². The largest absolute Gasteiger partial charge is 0.314 e. The molecule has 2 nitrogen and oxygen atoms in total. The maximum atomic E-state index is 3.81. The lowest BCUT2D eigenvalue weighted by molar-refractivity contribution is 0.187. The average molecular weight is 256 g/mol. The first-order chi connectivity index (χ1) is 8.25. The quantitative estimate of drug-likeness (QED) is 0.832. The molecule has 17 heavy (non-hydrogen) atoms. The topological polar surface area (TPSA) is 15.3 Å². The van der Waals surface area contributed by atoms with Crippen molar-refractivity contribution in [3.05, 3.63) is 0 Å². The van der Waals surface area contributed by atoms with Crippen LogP contribution in [0.5, 0.6) is 0 Å². The van der Waals surface area contributed by atoms with Gasteiger partial charge in [0, 0.05) is 6.04 Å². The molecule has 2 aliphatic rings. The van der Waals surface area contributed by atoms with E-state index in [0.717, 1.165) is 17.9 Å². The van der Waals surface area contributed by atoms with Gasteiger partial charge in [0.15, 0.2) is 0 Å². The molecule has 2 rings (SSSR count). The van der Waals surface area contributed by atoms with Crippen LogP contribution < -0.4 is 5.32 Å². The van der Waals surface area contributed by atoms with Crippen molar-refractivity contribution in [2.45, 2.75) is 38.6 Å². The van der Waals surface area contributed by atoms with Gasteiger partial charge in [-0.1, -0.05) is 0 Å². The van der Waals surface area contributed by atoms with Crippen LogP contribution in [0.3, 0.4) is 0 Å². The van der Waals surface area contributed by atoms with E-state index in [9.17, 15) is 0 Å². The van der Waals surface area contributed by atoms with Crippen molar-refractivity contribution in [3.63, 3.8) is 0 Å². The van der Waals surface area contributed by atoms with Gasteiger partial charge in [0.2, 0.25) is 0 Å². The minimum absolute atomic E-state index is 0.721. The molecule has 3 heteroatoms. The SMILES string of the molecule is CC(NCC1CCSCC1)C1CCN(C)CC1. The Morgan fingerprint density at radius 3 is 2.47 bits per heavy atom. The summed E-state index contributed by atoms with van der Waals surface area (Å²) in [6, 6.07) is 0.721. The van der Waals surface area contributed by atoms with Crippen LogP contribution in [-0.4, -0.2) is 49.1 Å². The molecule has 0 radical (unpaired) electrons. The van der Waals surface area contributed by atoms with Crippen LogP contribution in [0.2, 0.25) is 0 Å². The summed E-state index contributed by atoms with van der Waals surface area (Å²) in [6.45, 7) is 6.23. The van der Waals surface area contributed by atoms with Crippen LogP contribution in [0.1, 0.15) is 32.6 Å². The van der Waals surface area contributed by atoms with Crippen LogP contribution in [0.4, 0.5) is 0 Å². The van der Waals surface area contributed by atoms with Crippen molar-refractivity contribution in [3.8, 4) is 0 Å². The van der Waals surface area contributed by atoms with E-state index in [-0.39, 0.29) is 0 Å². The molecule has 0 spiro atoms. The summed E-state index contributed by atoms with van der Waals surface area (Å²) < 4.78 is 0. The predicted octanol–water partition coefficient (Wildman–Crippen LogP) is 2.45. The number of likely N-dealkylation sites (tertiary alicyclic amines) is 1. The van der Waals surface area contributed by atoms with Crippen molar-refractivity contribution in [1.29, 1.82) is 0 Å². The molecular formula is C14H28N2S. The third-order valence-electron chi connectivity index (χ3n) is 4.54. The van der Waals surface area contributed by atoms with Crippen molar-refractivity contribution >= 4 is 11.8 Å². The molecule has 1 atom stereocenters. The van der Waals surface area contributed by atoms with E-state index in [0.29, 0.717) is 0 Å². The minimum atomic E-state index is 0.721. The maximum absolute atomic E-state index is 3.81. The smallest absolute Gasteiger partial charge is 0.00680 e. The highest BCUT2D eigenvalue weighted by Gasteiger charge is 2.23. The summed E-state index contributed by atoms with van der Waals surface area (Å²) in [5.41, 5.74) is 0. The van der Waals surface area contributed by atoms with Gasteiger partial charge in [0.05, 0.1) is 0 Å². The van der Waals surface area contributed by atoms with Gasteiger partial charge in [-0.25, -0.2) is 0 Å². The van der Waals surface area contributed by atoms with E-state index in [1.165, 1.54) is 56.8 Å². The first-order valence-electron chi connectivity index (χ1n) is 7.25. The Labute approximate surface area is 111 Å². The second-order valence-corrected chi connectivity index (χ2v) is 7.12. The van der Waals surface area contributed by atoms with Gasteiger partial charge >= 0.3 is 0 Å². The Bertz CT molecular complexity index is 208. The summed E-state index contributed by atoms with van der Waals surface area (Å²) in [4.78, 5) is 2.46. The van der Waals surface area contributed by atoms with Crippen molar-refractivity contribution in [2.75, 3.05) is 38.2 Å². The summed E-state index contributed by atoms with van der Waals surface area (Å²) in [5, 5.41) is 3.81. The normalized spacial score (nSPS) is 27.2. The Balaban J connectivity index is 1.64. The molecule has 2 aliphatic heterocycles. The van der Waals surface area contributed by atoms with Crippen LogP contribution in [-0.2, 0) is 0 Å². The number of rotatable bonds is 4. The number of thioether (sulfide) groups is 1. The average Bonchev–Trinajstić information content (AvgIpc) is 2.38. The van der Waals surface area contributed by atoms with E-state index in [1.807, 2.05) is 0 Å². The second kappa shape index (κ2) is 7.01. The molecule has 0 aromatic carbocycles. The number of hydrogen-bond acceptors (Lipinski definition) is 3. The van der Waals surface area contributed by atoms with Gasteiger partial charge in [-0.15, -0.1) is 0 Å². The summed E-state index contributed by atoms with van der Waals surface area (Å²) in [6.07, 6.45) is 5.62. The lowest BCUT2D eigenvalue weighted by Gasteiger charge is -2.34. The second-order valence-electron chi connectivity index (χ2n) is 5.89. The zero-order chi connectivity index (χ0) is 12.1. The van der Waals surface area contributed by atoms with Crippen molar-refractivity contribution < 1.29 is 0 Å². The number of nitrogens with zero attached hydrogens (tertiary/aromatic N) is 1. The molecule has 0 saturated carbocycles. The molecule has 100 valence electrons. The summed E-state index contributed by atoms with van der Waals surface area (Å²) >= 11 is 2.13. The molecule has 0 bridgehead atoms. The molecule has 1 unspecified atom stereocenters. The van der Waals surface area contributed by atoms with Gasteiger partial charge in [0.25, 0.3) is 0 Å². The minimum Gasteiger partial charge on any atom is -0.314 e. The van der Waals surface area contributed by atoms with Crippen LogP contribution in [0.25, 0.3) is 0 Å². The molecule has 2 saturated heterocycles. The van der Waals surface area contributed by atoms with E-state index in [4.69, 9.17) is 0 Å². The molecule has 0 amide bonds. The third-order valence-corrected chi connectivity index (χ3v) is 5.59. The Morgan fingerprint density at radius 1 is 1.18 bits per heavy atom. The highest BCUT2D eigenvalue weighted by molar-refractivity contribution is 7.99.